The van der Waals surface area contributed by atoms with Crippen LogP contribution in [0.4, 0.5) is 13.2 Å². The standard InChI is InChI=1S/C18H16F3NO4S2/c1-13-15-9-5-6-10-16(15)27(23,24)17(13)22(12-11-18(19,20)21)28(25,26)14-7-3-2-4-8-14/h2-10H,11-12H2,1H3. The molecule has 0 aromatic heterocycles. The van der Waals surface area contributed by atoms with Crippen LogP contribution in [0, 0.1) is 0 Å². The Labute approximate surface area is 161 Å². The first-order valence-electron chi connectivity index (χ1n) is 8.16. The van der Waals surface area contributed by atoms with Crippen LogP contribution in [0.5, 0.6) is 0 Å². The van der Waals surface area contributed by atoms with E-state index >= 15 is 0 Å². The zero-order chi connectivity index (χ0) is 20.7. The maximum atomic E-state index is 13.1. The summed E-state index contributed by atoms with van der Waals surface area (Å²) >= 11 is 0. The molecule has 0 N–H and O–H groups in total. The molecule has 1 aliphatic heterocycles. The summed E-state index contributed by atoms with van der Waals surface area (Å²) < 4.78 is 91.1. The average molecular weight is 431 g/mol. The van der Waals surface area contributed by atoms with Crippen molar-refractivity contribution in [3.8, 4) is 0 Å². The van der Waals surface area contributed by atoms with Crippen LogP contribution in [0.15, 0.2) is 69.4 Å². The molecule has 2 aromatic rings. The average Bonchev–Trinajstić information content (AvgIpc) is 2.83. The predicted molar refractivity (Wildman–Crippen MR) is 97.2 cm³/mol. The van der Waals surface area contributed by atoms with Gasteiger partial charge in [-0.3, -0.25) is 4.31 Å². The van der Waals surface area contributed by atoms with Gasteiger partial charge in [-0.25, -0.2) is 16.8 Å². The minimum absolute atomic E-state index is 0.0947. The van der Waals surface area contributed by atoms with Gasteiger partial charge in [-0.05, 0) is 36.3 Å². The number of halogens is 3. The van der Waals surface area contributed by atoms with Gasteiger partial charge in [-0.2, -0.15) is 13.2 Å². The number of sulfonamides is 1. The maximum absolute atomic E-state index is 13.1. The van der Waals surface area contributed by atoms with Gasteiger partial charge < -0.3 is 0 Å². The van der Waals surface area contributed by atoms with Gasteiger partial charge in [0, 0.05) is 6.54 Å². The van der Waals surface area contributed by atoms with E-state index in [1.807, 2.05) is 0 Å². The van der Waals surface area contributed by atoms with Gasteiger partial charge in [0.2, 0.25) is 9.84 Å². The van der Waals surface area contributed by atoms with Crippen LogP contribution < -0.4 is 0 Å². The largest absolute Gasteiger partial charge is 0.390 e. The lowest BCUT2D eigenvalue weighted by molar-refractivity contribution is -0.135. The van der Waals surface area contributed by atoms with Crippen LogP contribution in [0.3, 0.4) is 0 Å². The number of alkyl halides is 3. The molecule has 0 radical (unpaired) electrons. The molecule has 0 amide bonds. The predicted octanol–water partition coefficient (Wildman–Crippen LogP) is 3.81. The summed E-state index contributed by atoms with van der Waals surface area (Å²) in [5.74, 6) is 0. The molecule has 5 nitrogen and oxygen atoms in total. The summed E-state index contributed by atoms with van der Waals surface area (Å²) in [6.45, 7) is 0.348. The van der Waals surface area contributed by atoms with Gasteiger partial charge in [0.25, 0.3) is 10.0 Å². The Kier molecular flexibility index (Phi) is 5.05. The Hall–Kier alpha value is -2.33. The van der Waals surface area contributed by atoms with E-state index in [4.69, 9.17) is 0 Å². The molecule has 0 saturated heterocycles. The molecule has 0 fully saturated rings. The molecular formula is C18H16F3NO4S2. The lowest BCUT2D eigenvalue weighted by Crippen LogP contribution is -2.36. The summed E-state index contributed by atoms with van der Waals surface area (Å²) in [4.78, 5) is -0.411. The number of allylic oxidation sites excluding steroid dienone is 1. The maximum Gasteiger partial charge on any atom is 0.390 e. The number of rotatable bonds is 5. The highest BCUT2D eigenvalue weighted by molar-refractivity contribution is 7.97. The van der Waals surface area contributed by atoms with Crippen molar-refractivity contribution in [2.75, 3.05) is 6.54 Å². The molecule has 3 rings (SSSR count). The zero-order valence-electron chi connectivity index (χ0n) is 14.6. The Morgan fingerprint density at radius 3 is 2.11 bits per heavy atom. The summed E-state index contributed by atoms with van der Waals surface area (Å²) in [6, 6.07) is 12.6. The summed E-state index contributed by atoms with van der Waals surface area (Å²) in [5, 5.41) is -0.637. The quantitative estimate of drug-likeness (QED) is 0.722. The van der Waals surface area contributed by atoms with E-state index in [1.165, 1.54) is 49.4 Å². The van der Waals surface area contributed by atoms with E-state index < -0.39 is 44.0 Å². The van der Waals surface area contributed by atoms with Gasteiger partial charge in [0.1, 0.15) is 0 Å². The SMILES string of the molecule is CC1=C(N(CCC(F)(F)F)S(=O)(=O)c2ccccc2)S(=O)(=O)c2ccccc21. The fraction of sp³-hybridized carbons (Fsp3) is 0.222. The molecule has 28 heavy (non-hydrogen) atoms. The van der Waals surface area contributed by atoms with Crippen LogP contribution in [0.25, 0.3) is 5.57 Å². The first kappa shape index (κ1) is 20.4. The monoisotopic (exact) mass is 431 g/mol. The highest BCUT2D eigenvalue weighted by Crippen LogP contribution is 2.42. The first-order chi connectivity index (χ1) is 13.0. The van der Waals surface area contributed by atoms with Gasteiger partial charge in [0.05, 0.1) is 16.2 Å². The van der Waals surface area contributed by atoms with Crippen LogP contribution in [0.2, 0.25) is 0 Å². The smallest absolute Gasteiger partial charge is 0.255 e. The van der Waals surface area contributed by atoms with Crippen molar-refractivity contribution >= 4 is 25.4 Å². The molecule has 0 aliphatic carbocycles. The van der Waals surface area contributed by atoms with Crippen molar-refractivity contribution in [1.82, 2.24) is 4.31 Å². The van der Waals surface area contributed by atoms with Crippen LogP contribution in [0.1, 0.15) is 18.9 Å². The molecule has 0 unspecified atom stereocenters. The van der Waals surface area contributed by atoms with Gasteiger partial charge in [-0.1, -0.05) is 36.4 Å². The third-order valence-corrected chi connectivity index (χ3v) is 8.21. The number of fused-ring (bicyclic) bond motifs is 1. The van der Waals surface area contributed by atoms with Crippen molar-refractivity contribution < 1.29 is 30.0 Å². The van der Waals surface area contributed by atoms with E-state index in [-0.39, 0.29) is 20.9 Å². The van der Waals surface area contributed by atoms with Crippen LogP contribution in [-0.4, -0.2) is 33.9 Å². The topological polar surface area (TPSA) is 71.5 Å². The lowest BCUT2D eigenvalue weighted by atomic mass is 10.1. The lowest BCUT2D eigenvalue weighted by Gasteiger charge is -2.26. The second kappa shape index (κ2) is 6.93. The second-order valence-corrected chi connectivity index (χ2v) is 9.88. The highest BCUT2D eigenvalue weighted by Gasteiger charge is 2.43. The molecule has 150 valence electrons. The fourth-order valence-electron chi connectivity index (χ4n) is 3.03. The fourth-order valence-corrected chi connectivity index (χ4v) is 6.91. The van der Waals surface area contributed by atoms with Crippen molar-refractivity contribution in [3.05, 3.63) is 65.2 Å². The second-order valence-electron chi connectivity index (χ2n) is 6.19. The molecule has 10 heteroatoms. The number of sulfone groups is 1. The van der Waals surface area contributed by atoms with E-state index in [9.17, 15) is 30.0 Å². The van der Waals surface area contributed by atoms with Crippen molar-refractivity contribution in [1.29, 1.82) is 0 Å². The normalized spacial score (nSPS) is 16.1. The molecule has 1 heterocycles. The van der Waals surface area contributed by atoms with E-state index in [1.54, 1.807) is 12.1 Å². The van der Waals surface area contributed by atoms with Crippen molar-refractivity contribution in [2.24, 2.45) is 0 Å². The Balaban J connectivity index is 2.20. The minimum Gasteiger partial charge on any atom is -0.255 e. The van der Waals surface area contributed by atoms with Gasteiger partial charge >= 0.3 is 6.18 Å². The number of nitrogens with zero attached hydrogens (tertiary/aromatic N) is 1. The third-order valence-electron chi connectivity index (χ3n) is 4.31. The minimum atomic E-state index is -4.66. The van der Waals surface area contributed by atoms with Gasteiger partial charge in [0.15, 0.2) is 5.03 Å². The molecular weight excluding hydrogens is 415 g/mol. The molecule has 2 aromatic carbocycles. The first-order valence-corrected chi connectivity index (χ1v) is 11.1. The van der Waals surface area contributed by atoms with E-state index in [2.05, 4.69) is 0 Å². The zero-order valence-corrected chi connectivity index (χ0v) is 16.3. The Morgan fingerprint density at radius 1 is 0.964 bits per heavy atom. The van der Waals surface area contributed by atoms with E-state index in [0.29, 0.717) is 4.31 Å². The highest BCUT2D eigenvalue weighted by atomic mass is 32.2. The van der Waals surface area contributed by atoms with Crippen LogP contribution in [-0.2, 0) is 19.9 Å². The summed E-state index contributed by atoms with van der Waals surface area (Å²) in [7, 11) is -8.83. The number of hydrogen-bond donors (Lipinski definition) is 0. The Bertz CT molecular complexity index is 1140. The summed E-state index contributed by atoms with van der Waals surface area (Å²) in [5.41, 5.74) is 0.370. The van der Waals surface area contributed by atoms with Gasteiger partial charge in [-0.15, -0.1) is 0 Å². The van der Waals surface area contributed by atoms with Crippen LogP contribution >= 0.6 is 0 Å². The van der Waals surface area contributed by atoms with Crippen molar-refractivity contribution in [3.63, 3.8) is 0 Å². The number of hydrogen-bond acceptors (Lipinski definition) is 4. The molecule has 0 spiro atoms. The molecule has 1 aliphatic rings. The van der Waals surface area contributed by atoms with Crippen molar-refractivity contribution in [2.45, 2.75) is 29.3 Å². The summed E-state index contributed by atoms with van der Waals surface area (Å²) in [6.07, 6.45) is -6.14. The van der Waals surface area contributed by atoms with E-state index in [0.717, 1.165) is 0 Å². The Morgan fingerprint density at radius 2 is 1.54 bits per heavy atom. The third kappa shape index (κ3) is 3.53. The molecule has 0 atom stereocenters. The molecule has 0 saturated carbocycles. The number of benzene rings is 2. The molecule has 0 bridgehead atoms.